The molecule has 31 heavy (non-hydrogen) atoms. The highest BCUT2D eigenvalue weighted by Gasteiger charge is 2.29. The summed E-state index contributed by atoms with van der Waals surface area (Å²) in [4.78, 5) is 41.3. The number of aliphatic carboxylic acids is 4. The van der Waals surface area contributed by atoms with Crippen LogP contribution >= 0.6 is 0 Å². The van der Waals surface area contributed by atoms with Crippen LogP contribution in [-0.4, -0.2) is 133 Å². The van der Waals surface area contributed by atoms with Crippen molar-refractivity contribution in [1.82, 2.24) is 0 Å². The molecule has 0 rings (SSSR count). The molecule has 4 atom stereocenters. The first-order chi connectivity index (χ1) is 13.7. The van der Waals surface area contributed by atoms with Crippen LogP contribution in [0.1, 0.15) is 12.8 Å². The van der Waals surface area contributed by atoms with Gasteiger partial charge in [0.2, 0.25) is 0 Å². The Labute approximate surface area is 180 Å². The average molecular weight is 454 g/mol. The van der Waals surface area contributed by atoms with E-state index in [2.05, 4.69) is 0 Å². The predicted octanol–water partition coefficient (Wildman–Crippen LogP) is -4.69. The number of rotatable bonds is 13. The number of carbonyl (C=O) groups is 4. The third kappa shape index (κ3) is 18.2. The highest BCUT2D eigenvalue weighted by atomic mass is 16.5. The monoisotopic (exact) mass is 454 g/mol. The lowest BCUT2D eigenvalue weighted by atomic mass is 10.2. The van der Waals surface area contributed by atoms with Gasteiger partial charge in [0.1, 0.15) is 25.3 Å². The summed E-state index contributed by atoms with van der Waals surface area (Å²) < 4.78 is 6.78. The number of ether oxygens (including phenoxy) is 1. The van der Waals surface area contributed by atoms with Crippen LogP contribution in [-0.2, 0) is 23.9 Å². The van der Waals surface area contributed by atoms with E-state index in [0.29, 0.717) is 22.1 Å². The molecular formula is C18H34N2O11. The third-order valence-corrected chi connectivity index (χ3v) is 3.48. The number of aliphatic hydroxyl groups excluding tert-OH is 2. The zero-order valence-electron chi connectivity index (χ0n) is 18.7. The Morgan fingerprint density at radius 1 is 0.710 bits per heavy atom. The number of carbonyl (C=O) groups excluding carboxylic acids is 2. The van der Waals surface area contributed by atoms with Crippen LogP contribution in [0, 0.1) is 0 Å². The number of hydrogen-bond donors (Lipinski definition) is 4. The molecule has 4 N–H and O–H groups in total. The van der Waals surface area contributed by atoms with Crippen LogP contribution in [0.3, 0.4) is 0 Å². The Hall–Kier alpha value is -2.32. The van der Waals surface area contributed by atoms with Crippen LogP contribution in [0.25, 0.3) is 0 Å². The van der Waals surface area contributed by atoms with Crippen LogP contribution in [0.2, 0.25) is 0 Å². The van der Waals surface area contributed by atoms with Gasteiger partial charge in [0.15, 0.2) is 12.2 Å². The Balaban J connectivity index is 0. The smallest absolute Gasteiger partial charge is 0.335 e. The lowest BCUT2D eigenvalue weighted by Crippen LogP contribution is -2.49. The summed E-state index contributed by atoms with van der Waals surface area (Å²) in [6, 6.07) is 0. The second-order valence-corrected chi connectivity index (χ2v) is 9.04. The van der Waals surface area contributed by atoms with Gasteiger partial charge in [0.05, 0.1) is 42.3 Å². The molecule has 13 heteroatoms. The summed E-state index contributed by atoms with van der Waals surface area (Å²) in [7, 11) is 11.5. The van der Waals surface area contributed by atoms with Crippen LogP contribution < -0.4 is 10.2 Å². The number of quaternary nitrogens is 2. The summed E-state index contributed by atoms with van der Waals surface area (Å²) in [6.07, 6.45) is -6.22. The minimum atomic E-state index is -2.27. The molecule has 0 amide bonds. The molecule has 13 nitrogen and oxygen atoms in total. The maximum Gasteiger partial charge on any atom is 0.335 e. The number of hydrogen-bond acceptors (Lipinski definition) is 9. The quantitative estimate of drug-likeness (QED) is 0.195. The molecule has 0 aromatic heterocycles. The molecule has 0 fully saturated rings. The fourth-order valence-corrected chi connectivity index (χ4v) is 2.45. The third-order valence-electron chi connectivity index (χ3n) is 3.48. The van der Waals surface area contributed by atoms with Crippen molar-refractivity contribution < 1.29 is 63.5 Å². The van der Waals surface area contributed by atoms with Crippen molar-refractivity contribution in [1.29, 1.82) is 0 Å². The zero-order chi connectivity index (χ0) is 25.2. The number of nitrogens with zero attached hydrogens (tertiary/aromatic N) is 2. The van der Waals surface area contributed by atoms with Gasteiger partial charge in [-0.25, -0.2) is 9.59 Å². The molecule has 0 aliphatic heterocycles. The molecule has 0 saturated heterocycles. The van der Waals surface area contributed by atoms with Gasteiger partial charge in [-0.05, 0) is 0 Å². The number of carboxylic acids is 4. The van der Waals surface area contributed by atoms with Crippen molar-refractivity contribution in [3.05, 3.63) is 0 Å². The summed E-state index contributed by atoms with van der Waals surface area (Å²) in [6.45, 7) is 0.906. The Kier molecular flexibility index (Phi) is 13.1. The Morgan fingerprint density at radius 3 is 1.13 bits per heavy atom. The van der Waals surface area contributed by atoms with Gasteiger partial charge >= 0.3 is 11.9 Å². The Bertz CT molecular complexity index is 559. The lowest BCUT2D eigenvalue weighted by molar-refractivity contribution is -0.878. The van der Waals surface area contributed by atoms with Crippen molar-refractivity contribution >= 4 is 23.9 Å². The summed E-state index contributed by atoms with van der Waals surface area (Å²) in [5.41, 5.74) is 0. The van der Waals surface area contributed by atoms with Crippen molar-refractivity contribution in [2.24, 2.45) is 0 Å². The molecule has 0 heterocycles. The highest BCUT2D eigenvalue weighted by Crippen LogP contribution is 2.12. The maximum absolute atomic E-state index is 10.9. The van der Waals surface area contributed by atoms with Gasteiger partial charge in [-0.2, -0.15) is 0 Å². The maximum atomic E-state index is 10.9. The Morgan fingerprint density at radius 2 is 0.968 bits per heavy atom. The molecule has 182 valence electrons. The van der Waals surface area contributed by atoms with E-state index in [1.165, 1.54) is 0 Å². The first kappa shape index (κ1) is 30.9. The molecule has 0 aliphatic rings. The van der Waals surface area contributed by atoms with Crippen molar-refractivity contribution in [2.75, 3.05) is 55.4 Å². The minimum absolute atomic E-state index is 0.254. The van der Waals surface area contributed by atoms with E-state index in [-0.39, 0.29) is 12.8 Å². The second kappa shape index (κ2) is 13.2. The first-order valence-corrected chi connectivity index (χ1v) is 9.23. The summed E-state index contributed by atoms with van der Waals surface area (Å²) in [5, 5.41) is 54.2. The standard InChI is InChI=1S/C14H28N2O5.C4H6O6/c1-15(2,3)9-11(7-13(17)18)21-12(8-14(19)20)10-16(4,5)6;5-1(3(7)8)2(6)4(9)10/h11-12H,7-10H2,1-6H3;1-2,5-6H,(H,7,8)(H,9,10). The first-order valence-electron chi connectivity index (χ1n) is 9.23. The molecule has 0 aliphatic carbocycles. The molecule has 4 unspecified atom stereocenters. The summed E-state index contributed by atoms with van der Waals surface area (Å²) in [5.74, 6) is -5.94. The van der Waals surface area contributed by atoms with E-state index in [4.69, 9.17) is 25.2 Å². The average Bonchev–Trinajstić information content (AvgIpc) is 2.48. The van der Waals surface area contributed by atoms with E-state index < -0.39 is 48.3 Å². The fourth-order valence-electron chi connectivity index (χ4n) is 2.45. The zero-order valence-corrected chi connectivity index (χ0v) is 18.7. The van der Waals surface area contributed by atoms with Gasteiger partial charge < -0.3 is 53.9 Å². The number of likely N-dealkylation sites (N-methyl/N-ethyl adjacent to an activating group) is 2. The minimum Gasteiger partial charge on any atom is -0.550 e. The van der Waals surface area contributed by atoms with Crippen molar-refractivity contribution in [2.45, 2.75) is 37.3 Å². The van der Waals surface area contributed by atoms with E-state index in [1.807, 2.05) is 42.3 Å². The summed E-state index contributed by atoms with van der Waals surface area (Å²) >= 11 is 0. The largest absolute Gasteiger partial charge is 0.550 e. The van der Waals surface area contributed by atoms with Gasteiger partial charge in [-0.3, -0.25) is 0 Å². The molecule has 0 saturated carbocycles. The van der Waals surface area contributed by atoms with Crippen LogP contribution in [0.4, 0.5) is 0 Å². The second-order valence-electron chi connectivity index (χ2n) is 9.04. The van der Waals surface area contributed by atoms with Crippen LogP contribution in [0.15, 0.2) is 0 Å². The van der Waals surface area contributed by atoms with E-state index in [9.17, 15) is 29.4 Å². The molecular weight excluding hydrogens is 420 g/mol. The van der Waals surface area contributed by atoms with Gasteiger partial charge in [0, 0.05) is 24.8 Å². The predicted molar refractivity (Wildman–Crippen MR) is 101 cm³/mol. The van der Waals surface area contributed by atoms with E-state index >= 15 is 0 Å². The van der Waals surface area contributed by atoms with Crippen LogP contribution in [0.5, 0.6) is 0 Å². The molecule has 0 bridgehead atoms. The van der Waals surface area contributed by atoms with Gasteiger partial charge in [-0.15, -0.1) is 0 Å². The molecule has 0 aromatic carbocycles. The molecule has 0 radical (unpaired) electrons. The van der Waals surface area contributed by atoms with Gasteiger partial charge in [0.25, 0.3) is 0 Å². The van der Waals surface area contributed by atoms with E-state index in [0.717, 1.165) is 0 Å². The van der Waals surface area contributed by atoms with Crippen molar-refractivity contribution in [3.8, 4) is 0 Å². The SMILES string of the molecule is C[N+](C)(C)CC(CC(=O)[O-])OC(CC(=O)[O-])C[N+](C)(C)C.O=C(O)C(O)C(O)C(=O)O. The van der Waals surface area contributed by atoms with E-state index in [1.54, 1.807) is 0 Å². The number of carboxylic acid groups (broad SMARTS) is 4. The topological polar surface area (TPSA) is 205 Å². The molecule has 0 aromatic rings. The highest BCUT2D eigenvalue weighted by molar-refractivity contribution is 5.83. The fraction of sp³-hybridized carbons (Fsp3) is 0.778. The number of aliphatic hydroxyl groups is 2. The van der Waals surface area contributed by atoms with Gasteiger partial charge in [-0.1, -0.05) is 0 Å². The molecule has 0 spiro atoms. The lowest BCUT2D eigenvalue weighted by Gasteiger charge is -2.34. The van der Waals surface area contributed by atoms with Crippen molar-refractivity contribution in [3.63, 3.8) is 0 Å². The normalized spacial score (nSPS) is 15.6.